The number of carbonyl (C=O) groups excluding carboxylic acids is 2. The Bertz CT molecular complexity index is 853. The molecule has 1 aliphatic heterocycles. The first-order valence-corrected chi connectivity index (χ1v) is 10.3. The highest BCUT2D eigenvalue weighted by atomic mass is 16.2. The molecule has 1 heterocycles. The molecule has 2 amide bonds. The van der Waals surface area contributed by atoms with Gasteiger partial charge in [-0.15, -0.1) is 0 Å². The molecule has 0 radical (unpaired) electrons. The van der Waals surface area contributed by atoms with Gasteiger partial charge in [-0.2, -0.15) is 0 Å². The first-order chi connectivity index (χ1) is 13.9. The molecule has 0 unspecified atom stereocenters. The lowest BCUT2D eigenvalue weighted by atomic mass is 9.96. The summed E-state index contributed by atoms with van der Waals surface area (Å²) < 4.78 is 0. The van der Waals surface area contributed by atoms with Gasteiger partial charge in [-0.3, -0.25) is 14.5 Å². The van der Waals surface area contributed by atoms with Crippen LogP contribution in [0.3, 0.4) is 0 Å². The Hall–Kier alpha value is -2.66. The number of hydrogen-bond donors (Lipinski definition) is 2. The van der Waals surface area contributed by atoms with Gasteiger partial charge < -0.3 is 10.6 Å². The van der Waals surface area contributed by atoms with Gasteiger partial charge in [0.1, 0.15) is 0 Å². The fourth-order valence-electron chi connectivity index (χ4n) is 3.62. The zero-order valence-electron chi connectivity index (χ0n) is 17.6. The molecule has 3 rings (SSSR count). The van der Waals surface area contributed by atoms with Gasteiger partial charge in [0.05, 0.1) is 6.54 Å². The Morgan fingerprint density at radius 2 is 1.66 bits per heavy atom. The monoisotopic (exact) mass is 393 g/mol. The Morgan fingerprint density at radius 3 is 2.31 bits per heavy atom. The highest BCUT2D eigenvalue weighted by Gasteiger charge is 2.25. The van der Waals surface area contributed by atoms with Gasteiger partial charge in [-0.1, -0.05) is 35.9 Å². The summed E-state index contributed by atoms with van der Waals surface area (Å²) in [7, 11) is 0. The predicted octanol–water partition coefficient (Wildman–Crippen LogP) is 3.58. The number of rotatable bonds is 6. The van der Waals surface area contributed by atoms with Crippen molar-refractivity contribution in [1.29, 1.82) is 0 Å². The molecule has 29 heavy (non-hydrogen) atoms. The molecule has 2 aromatic carbocycles. The molecule has 154 valence electrons. The maximum atomic E-state index is 12.5. The van der Waals surface area contributed by atoms with Crippen LogP contribution >= 0.6 is 0 Å². The molecule has 1 saturated heterocycles. The van der Waals surface area contributed by atoms with Crippen molar-refractivity contribution in [3.8, 4) is 0 Å². The topological polar surface area (TPSA) is 61.4 Å². The van der Waals surface area contributed by atoms with Crippen molar-refractivity contribution in [2.45, 2.75) is 40.2 Å². The quantitative estimate of drug-likeness (QED) is 0.789. The maximum absolute atomic E-state index is 12.5. The number of benzene rings is 2. The number of nitrogens with zero attached hydrogens (tertiary/aromatic N) is 1. The van der Waals surface area contributed by atoms with E-state index in [1.54, 1.807) is 0 Å². The van der Waals surface area contributed by atoms with E-state index < -0.39 is 0 Å². The van der Waals surface area contributed by atoms with Gasteiger partial charge >= 0.3 is 0 Å². The average molecular weight is 394 g/mol. The minimum atomic E-state index is -0.00414. The van der Waals surface area contributed by atoms with E-state index in [0.29, 0.717) is 13.1 Å². The molecule has 1 fully saturated rings. The second kappa shape index (κ2) is 9.70. The number of nitrogens with one attached hydrogen (secondary N) is 2. The van der Waals surface area contributed by atoms with Crippen molar-refractivity contribution in [3.05, 3.63) is 64.7 Å². The van der Waals surface area contributed by atoms with E-state index in [1.807, 2.05) is 37.3 Å². The van der Waals surface area contributed by atoms with Gasteiger partial charge in [-0.05, 0) is 75.5 Å². The van der Waals surface area contributed by atoms with Crippen LogP contribution in [0.1, 0.15) is 35.1 Å². The fraction of sp³-hybridized carbons (Fsp3) is 0.417. The standard InChI is InChI=1S/C24H31N3O2/c1-17-4-7-20(8-5-17)15-25-24(29)21-10-12-27(13-11-21)16-23(28)26-22-9-6-18(2)19(3)14-22/h4-9,14,21H,10-13,15-16H2,1-3H3,(H,25,29)(H,26,28). The normalized spacial score (nSPS) is 15.1. The van der Waals surface area contributed by atoms with Crippen molar-refractivity contribution in [2.75, 3.05) is 25.0 Å². The van der Waals surface area contributed by atoms with E-state index in [9.17, 15) is 9.59 Å². The van der Waals surface area contributed by atoms with Gasteiger partial charge in [0, 0.05) is 18.2 Å². The van der Waals surface area contributed by atoms with Crippen molar-refractivity contribution in [1.82, 2.24) is 10.2 Å². The number of hydrogen-bond acceptors (Lipinski definition) is 3. The van der Waals surface area contributed by atoms with Gasteiger partial charge in [0.15, 0.2) is 0 Å². The van der Waals surface area contributed by atoms with E-state index in [2.05, 4.69) is 41.5 Å². The molecule has 5 nitrogen and oxygen atoms in total. The SMILES string of the molecule is Cc1ccc(CNC(=O)C2CCN(CC(=O)Nc3ccc(C)c(C)c3)CC2)cc1. The molecule has 2 aromatic rings. The van der Waals surface area contributed by atoms with E-state index in [-0.39, 0.29) is 17.7 Å². The van der Waals surface area contributed by atoms with Crippen molar-refractivity contribution in [2.24, 2.45) is 5.92 Å². The molecule has 0 saturated carbocycles. The molecule has 0 aliphatic carbocycles. The van der Waals surface area contributed by atoms with Crippen LogP contribution in [-0.2, 0) is 16.1 Å². The van der Waals surface area contributed by atoms with Gasteiger partial charge in [-0.25, -0.2) is 0 Å². The lowest BCUT2D eigenvalue weighted by Crippen LogP contribution is -2.43. The molecule has 2 N–H and O–H groups in total. The second-order valence-electron chi connectivity index (χ2n) is 8.10. The molecule has 1 aliphatic rings. The molecule has 0 atom stereocenters. The summed E-state index contributed by atoms with van der Waals surface area (Å²) in [6.45, 7) is 8.62. The summed E-state index contributed by atoms with van der Waals surface area (Å²) in [6, 6.07) is 14.2. The molecular weight excluding hydrogens is 362 g/mol. The fourth-order valence-corrected chi connectivity index (χ4v) is 3.62. The van der Waals surface area contributed by atoms with Crippen LogP contribution in [0.2, 0.25) is 0 Å². The number of aryl methyl sites for hydroxylation is 3. The third-order valence-electron chi connectivity index (χ3n) is 5.70. The number of piperidine rings is 1. The molecule has 0 aromatic heterocycles. The summed E-state index contributed by atoms with van der Waals surface area (Å²) in [4.78, 5) is 26.9. The molecule has 0 spiro atoms. The van der Waals surface area contributed by atoms with Crippen LogP contribution in [0.15, 0.2) is 42.5 Å². The van der Waals surface area contributed by atoms with Crippen LogP contribution in [0.4, 0.5) is 5.69 Å². The Kier molecular flexibility index (Phi) is 7.04. The van der Waals surface area contributed by atoms with Crippen molar-refractivity contribution in [3.63, 3.8) is 0 Å². The highest BCUT2D eigenvalue weighted by Crippen LogP contribution is 2.18. The lowest BCUT2D eigenvalue weighted by molar-refractivity contribution is -0.126. The summed E-state index contributed by atoms with van der Waals surface area (Å²) in [5.41, 5.74) is 5.55. The van der Waals surface area contributed by atoms with Gasteiger partial charge in [0.25, 0.3) is 0 Å². The Balaban J connectivity index is 1.40. The second-order valence-corrected chi connectivity index (χ2v) is 8.10. The van der Waals surface area contributed by atoms with Crippen molar-refractivity contribution < 1.29 is 9.59 Å². The number of anilines is 1. The molecular formula is C24H31N3O2. The Morgan fingerprint density at radius 1 is 0.966 bits per heavy atom. The van der Waals surface area contributed by atoms with E-state index in [4.69, 9.17) is 0 Å². The molecule has 5 heteroatoms. The zero-order chi connectivity index (χ0) is 20.8. The third-order valence-corrected chi connectivity index (χ3v) is 5.70. The van der Waals surface area contributed by atoms with Crippen LogP contribution < -0.4 is 10.6 Å². The minimum absolute atomic E-state index is 0.00414. The summed E-state index contributed by atoms with van der Waals surface area (Å²) in [6.07, 6.45) is 1.58. The van der Waals surface area contributed by atoms with Crippen LogP contribution in [-0.4, -0.2) is 36.3 Å². The summed E-state index contributed by atoms with van der Waals surface area (Å²) >= 11 is 0. The summed E-state index contributed by atoms with van der Waals surface area (Å²) in [5, 5.41) is 6.02. The predicted molar refractivity (Wildman–Crippen MR) is 117 cm³/mol. The maximum Gasteiger partial charge on any atom is 0.238 e. The largest absolute Gasteiger partial charge is 0.352 e. The van der Waals surface area contributed by atoms with Crippen LogP contribution in [0.5, 0.6) is 0 Å². The Labute approximate surface area is 173 Å². The van der Waals surface area contributed by atoms with E-state index in [0.717, 1.165) is 37.2 Å². The smallest absolute Gasteiger partial charge is 0.238 e. The first kappa shape index (κ1) is 21.1. The molecule has 0 bridgehead atoms. The lowest BCUT2D eigenvalue weighted by Gasteiger charge is -2.30. The van der Waals surface area contributed by atoms with Gasteiger partial charge in [0.2, 0.25) is 11.8 Å². The van der Waals surface area contributed by atoms with E-state index in [1.165, 1.54) is 16.7 Å². The first-order valence-electron chi connectivity index (χ1n) is 10.3. The number of carbonyl (C=O) groups is 2. The third kappa shape index (κ3) is 6.16. The number of likely N-dealkylation sites (tertiary alicyclic amines) is 1. The number of amides is 2. The van der Waals surface area contributed by atoms with E-state index >= 15 is 0 Å². The minimum Gasteiger partial charge on any atom is -0.352 e. The average Bonchev–Trinajstić information content (AvgIpc) is 2.70. The highest BCUT2D eigenvalue weighted by molar-refractivity contribution is 5.92. The summed E-state index contributed by atoms with van der Waals surface area (Å²) in [5.74, 6) is 0.139. The zero-order valence-corrected chi connectivity index (χ0v) is 17.6. The van der Waals surface area contributed by atoms with Crippen LogP contribution in [0.25, 0.3) is 0 Å². The van der Waals surface area contributed by atoms with Crippen molar-refractivity contribution >= 4 is 17.5 Å². The van der Waals surface area contributed by atoms with Crippen LogP contribution in [0, 0.1) is 26.7 Å².